The highest BCUT2D eigenvalue weighted by molar-refractivity contribution is 5.34. The van der Waals surface area contributed by atoms with Crippen molar-refractivity contribution in [3.05, 3.63) is 11.4 Å². The average Bonchev–Trinajstić information content (AvgIpc) is 3.19. The van der Waals surface area contributed by atoms with E-state index in [2.05, 4.69) is 33.9 Å². The van der Waals surface area contributed by atoms with Crippen molar-refractivity contribution in [3.8, 4) is 0 Å². The molecule has 1 aliphatic carbocycles. The van der Waals surface area contributed by atoms with Gasteiger partial charge in [0.25, 0.3) is 0 Å². The second-order valence-corrected chi connectivity index (χ2v) is 4.43. The zero-order chi connectivity index (χ0) is 12.3. The molecule has 0 saturated heterocycles. The summed E-state index contributed by atoms with van der Waals surface area (Å²) in [5.41, 5.74) is 7.72. The summed E-state index contributed by atoms with van der Waals surface area (Å²) >= 11 is 0. The van der Waals surface area contributed by atoms with Crippen LogP contribution in [0.1, 0.15) is 38.1 Å². The minimum atomic E-state index is 0.581. The zero-order valence-electron chi connectivity index (χ0n) is 10.7. The largest absolute Gasteiger partial charge is 0.335 e. The van der Waals surface area contributed by atoms with Gasteiger partial charge in [-0.05, 0) is 25.7 Å². The first-order valence-corrected chi connectivity index (χ1v) is 6.49. The summed E-state index contributed by atoms with van der Waals surface area (Å²) in [5.74, 6) is 0.756. The first-order chi connectivity index (χ1) is 8.30. The van der Waals surface area contributed by atoms with Gasteiger partial charge in [0.1, 0.15) is 0 Å². The molecule has 2 rings (SSSR count). The molecule has 2 N–H and O–H groups in total. The molecule has 0 amide bonds. The van der Waals surface area contributed by atoms with Gasteiger partial charge in [-0.25, -0.2) is 4.98 Å². The summed E-state index contributed by atoms with van der Waals surface area (Å²) < 4.78 is 0. The van der Waals surface area contributed by atoms with Crippen LogP contribution < -0.4 is 10.6 Å². The van der Waals surface area contributed by atoms with Gasteiger partial charge in [-0.1, -0.05) is 13.8 Å². The smallest absolute Gasteiger partial charge is 0.245 e. The van der Waals surface area contributed by atoms with Crippen LogP contribution in [0.3, 0.4) is 0 Å². The number of hydrogen-bond acceptors (Lipinski definition) is 5. The van der Waals surface area contributed by atoms with Gasteiger partial charge in [-0.15, -0.1) is 5.10 Å². The van der Waals surface area contributed by atoms with Crippen molar-refractivity contribution in [3.63, 3.8) is 0 Å². The van der Waals surface area contributed by atoms with Gasteiger partial charge in [0, 0.05) is 19.1 Å². The van der Waals surface area contributed by atoms with Crippen LogP contribution in [0.2, 0.25) is 0 Å². The molecule has 0 aliphatic heterocycles. The van der Waals surface area contributed by atoms with Crippen LogP contribution in [-0.2, 0) is 12.8 Å². The molecular formula is C12H21N5. The van der Waals surface area contributed by atoms with E-state index in [0.717, 1.165) is 36.7 Å². The molecule has 1 aliphatic rings. The molecule has 17 heavy (non-hydrogen) atoms. The predicted octanol–water partition coefficient (Wildman–Crippen LogP) is 0.924. The SMILES string of the molecule is CCc1nnc(N(CCN)C2CC2)nc1CC. The number of hydrogen-bond donors (Lipinski definition) is 1. The molecular weight excluding hydrogens is 214 g/mol. The highest BCUT2D eigenvalue weighted by Crippen LogP contribution is 2.29. The molecule has 1 saturated carbocycles. The van der Waals surface area contributed by atoms with Gasteiger partial charge in [0.2, 0.25) is 5.95 Å². The first-order valence-electron chi connectivity index (χ1n) is 6.49. The van der Waals surface area contributed by atoms with Crippen LogP contribution in [0.25, 0.3) is 0 Å². The number of nitrogens with zero attached hydrogens (tertiary/aromatic N) is 4. The number of aryl methyl sites for hydroxylation is 2. The van der Waals surface area contributed by atoms with E-state index in [-0.39, 0.29) is 0 Å². The van der Waals surface area contributed by atoms with E-state index in [0.29, 0.717) is 12.6 Å². The third kappa shape index (κ3) is 2.72. The summed E-state index contributed by atoms with van der Waals surface area (Å²) in [5, 5.41) is 8.53. The minimum Gasteiger partial charge on any atom is -0.335 e. The molecule has 0 bridgehead atoms. The van der Waals surface area contributed by atoms with Gasteiger partial charge in [-0.2, -0.15) is 5.10 Å². The summed E-state index contributed by atoms with van der Waals surface area (Å²) in [6.07, 6.45) is 4.25. The molecule has 0 unspecified atom stereocenters. The van der Waals surface area contributed by atoms with Crippen LogP contribution in [-0.4, -0.2) is 34.3 Å². The second-order valence-electron chi connectivity index (χ2n) is 4.43. The van der Waals surface area contributed by atoms with E-state index in [4.69, 9.17) is 5.73 Å². The summed E-state index contributed by atoms with van der Waals surface area (Å²) in [4.78, 5) is 6.84. The van der Waals surface area contributed by atoms with Crippen molar-refractivity contribution in [2.75, 3.05) is 18.0 Å². The van der Waals surface area contributed by atoms with Gasteiger partial charge < -0.3 is 10.6 Å². The maximum atomic E-state index is 5.64. The van der Waals surface area contributed by atoms with E-state index in [1.54, 1.807) is 0 Å². The Morgan fingerprint density at radius 2 is 1.88 bits per heavy atom. The lowest BCUT2D eigenvalue weighted by Gasteiger charge is -2.21. The maximum Gasteiger partial charge on any atom is 0.245 e. The number of nitrogens with two attached hydrogens (primary N) is 1. The molecule has 1 aromatic rings. The lowest BCUT2D eigenvalue weighted by molar-refractivity contribution is 0.716. The summed E-state index contributed by atoms with van der Waals surface area (Å²) in [6.45, 7) is 5.65. The van der Waals surface area contributed by atoms with Crippen LogP contribution >= 0.6 is 0 Å². The third-order valence-corrected chi connectivity index (χ3v) is 3.11. The minimum absolute atomic E-state index is 0.581. The topological polar surface area (TPSA) is 67.9 Å². The highest BCUT2D eigenvalue weighted by Gasteiger charge is 2.30. The highest BCUT2D eigenvalue weighted by atomic mass is 15.3. The molecule has 1 aromatic heterocycles. The van der Waals surface area contributed by atoms with Crippen LogP contribution in [0.15, 0.2) is 0 Å². The molecule has 0 aromatic carbocycles. The first kappa shape index (κ1) is 12.2. The van der Waals surface area contributed by atoms with Gasteiger partial charge in [0.15, 0.2) is 0 Å². The van der Waals surface area contributed by atoms with Crippen molar-refractivity contribution in [1.29, 1.82) is 0 Å². The predicted molar refractivity (Wildman–Crippen MR) is 68.0 cm³/mol. The fraction of sp³-hybridized carbons (Fsp3) is 0.750. The average molecular weight is 235 g/mol. The molecule has 0 radical (unpaired) electrons. The Hall–Kier alpha value is -1.23. The molecule has 1 fully saturated rings. The molecule has 5 heteroatoms. The Balaban J connectivity index is 2.24. The molecule has 0 atom stereocenters. The fourth-order valence-electron chi connectivity index (χ4n) is 2.02. The normalized spacial score (nSPS) is 15.0. The van der Waals surface area contributed by atoms with Crippen LogP contribution in [0.5, 0.6) is 0 Å². The Kier molecular flexibility index (Phi) is 3.89. The van der Waals surface area contributed by atoms with E-state index in [9.17, 15) is 0 Å². The van der Waals surface area contributed by atoms with Gasteiger partial charge >= 0.3 is 0 Å². The Labute approximate surface area is 102 Å². The van der Waals surface area contributed by atoms with Crippen molar-refractivity contribution >= 4 is 5.95 Å². The quantitative estimate of drug-likeness (QED) is 0.794. The van der Waals surface area contributed by atoms with Gasteiger partial charge in [0.05, 0.1) is 11.4 Å². The lowest BCUT2D eigenvalue weighted by atomic mass is 10.2. The number of rotatable bonds is 6. The van der Waals surface area contributed by atoms with Crippen molar-refractivity contribution < 1.29 is 0 Å². The molecule has 5 nitrogen and oxygen atoms in total. The Morgan fingerprint density at radius 3 is 2.41 bits per heavy atom. The van der Waals surface area contributed by atoms with Crippen LogP contribution in [0, 0.1) is 0 Å². The molecule has 0 spiro atoms. The van der Waals surface area contributed by atoms with E-state index >= 15 is 0 Å². The fourth-order valence-corrected chi connectivity index (χ4v) is 2.02. The second kappa shape index (κ2) is 5.40. The van der Waals surface area contributed by atoms with E-state index in [1.807, 2.05) is 0 Å². The van der Waals surface area contributed by atoms with Crippen LogP contribution in [0.4, 0.5) is 5.95 Å². The standard InChI is InChI=1S/C12H21N5/c1-3-10-11(4-2)15-16-12(14-10)17(8-7-13)9-5-6-9/h9H,3-8,13H2,1-2H3. The monoisotopic (exact) mass is 235 g/mol. The van der Waals surface area contributed by atoms with E-state index < -0.39 is 0 Å². The van der Waals surface area contributed by atoms with E-state index in [1.165, 1.54) is 12.8 Å². The lowest BCUT2D eigenvalue weighted by Crippen LogP contribution is -2.33. The van der Waals surface area contributed by atoms with Crippen molar-refractivity contribution in [2.45, 2.75) is 45.6 Å². The van der Waals surface area contributed by atoms with Crippen molar-refractivity contribution in [1.82, 2.24) is 15.2 Å². The summed E-state index contributed by atoms with van der Waals surface area (Å²) in [6, 6.07) is 0.581. The molecule has 94 valence electrons. The summed E-state index contributed by atoms with van der Waals surface area (Å²) in [7, 11) is 0. The zero-order valence-corrected chi connectivity index (χ0v) is 10.7. The maximum absolute atomic E-state index is 5.64. The molecule has 1 heterocycles. The Morgan fingerprint density at radius 1 is 1.18 bits per heavy atom. The Bertz CT molecular complexity index is 375. The van der Waals surface area contributed by atoms with Gasteiger partial charge in [-0.3, -0.25) is 0 Å². The van der Waals surface area contributed by atoms with Crippen molar-refractivity contribution in [2.24, 2.45) is 5.73 Å². The third-order valence-electron chi connectivity index (χ3n) is 3.11. The number of aromatic nitrogens is 3. The number of anilines is 1.